The summed E-state index contributed by atoms with van der Waals surface area (Å²) in [7, 11) is 1.33. The Kier molecular flexibility index (Phi) is 5.80. The number of hydrogen-bond acceptors (Lipinski definition) is 3. The minimum Gasteiger partial charge on any atom is -0.488 e. The molecule has 0 heterocycles. The summed E-state index contributed by atoms with van der Waals surface area (Å²) in [6.07, 6.45) is 0.111. The van der Waals surface area contributed by atoms with Crippen LogP contribution in [-0.4, -0.2) is 13.1 Å². The molecular formula is C16H13BrClFO3. The standard InChI is InChI=1S/C16H13BrClFO3/c1-21-16(20)7-10-3-2-4-14(18)12(10)9-22-15-6-5-11(19)8-13(15)17/h2-6,8H,7,9H2,1H3. The molecular weight excluding hydrogens is 375 g/mol. The van der Waals surface area contributed by atoms with Crippen molar-refractivity contribution in [2.75, 3.05) is 7.11 Å². The Morgan fingerprint density at radius 3 is 2.77 bits per heavy atom. The molecule has 0 spiro atoms. The summed E-state index contributed by atoms with van der Waals surface area (Å²) in [4.78, 5) is 11.5. The van der Waals surface area contributed by atoms with Crippen molar-refractivity contribution in [3.05, 3.63) is 62.8 Å². The molecule has 22 heavy (non-hydrogen) atoms. The van der Waals surface area contributed by atoms with E-state index < -0.39 is 0 Å². The number of rotatable bonds is 5. The van der Waals surface area contributed by atoms with Gasteiger partial charge in [0.1, 0.15) is 18.2 Å². The molecule has 0 N–H and O–H groups in total. The van der Waals surface area contributed by atoms with Gasteiger partial charge in [-0.05, 0) is 45.8 Å². The molecule has 0 radical (unpaired) electrons. The van der Waals surface area contributed by atoms with Gasteiger partial charge in [0.15, 0.2) is 0 Å². The molecule has 0 saturated heterocycles. The zero-order chi connectivity index (χ0) is 16.1. The van der Waals surface area contributed by atoms with Crippen molar-refractivity contribution in [3.63, 3.8) is 0 Å². The van der Waals surface area contributed by atoms with Crippen LogP contribution in [0.25, 0.3) is 0 Å². The van der Waals surface area contributed by atoms with Crippen molar-refractivity contribution in [3.8, 4) is 5.75 Å². The van der Waals surface area contributed by atoms with Crippen LogP contribution in [0.5, 0.6) is 5.75 Å². The molecule has 0 aromatic heterocycles. The van der Waals surface area contributed by atoms with Gasteiger partial charge in [0.2, 0.25) is 0 Å². The van der Waals surface area contributed by atoms with E-state index in [1.807, 2.05) is 0 Å². The minimum atomic E-state index is -0.358. The van der Waals surface area contributed by atoms with Crippen LogP contribution in [-0.2, 0) is 22.6 Å². The first kappa shape index (κ1) is 16.8. The van der Waals surface area contributed by atoms with Gasteiger partial charge in [-0.15, -0.1) is 0 Å². The molecule has 0 aliphatic rings. The molecule has 0 saturated carbocycles. The van der Waals surface area contributed by atoms with E-state index in [4.69, 9.17) is 16.3 Å². The van der Waals surface area contributed by atoms with Crippen LogP contribution in [0, 0.1) is 5.82 Å². The van der Waals surface area contributed by atoms with Gasteiger partial charge in [-0.3, -0.25) is 4.79 Å². The number of carbonyl (C=O) groups excluding carboxylic acids is 1. The molecule has 0 aliphatic heterocycles. The van der Waals surface area contributed by atoms with Crippen LogP contribution in [0.15, 0.2) is 40.9 Å². The monoisotopic (exact) mass is 386 g/mol. The second kappa shape index (κ2) is 7.61. The Morgan fingerprint density at radius 2 is 2.09 bits per heavy atom. The quantitative estimate of drug-likeness (QED) is 0.707. The van der Waals surface area contributed by atoms with Crippen molar-refractivity contribution in [2.45, 2.75) is 13.0 Å². The largest absolute Gasteiger partial charge is 0.488 e. The van der Waals surface area contributed by atoms with Gasteiger partial charge >= 0.3 is 5.97 Å². The van der Waals surface area contributed by atoms with Crippen LogP contribution in [0.3, 0.4) is 0 Å². The van der Waals surface area contributed by atoms with Crippen LogP contribution in [0.1, 0.15) is 11.1 Å². The highest BCUT2D eigenvalue weighted by atomic mass is 79.9. The Labute approximate surface area is 141 Å². The maximum absolute atomic E-state index is 13.1. The number of methoxy groups -OCH3 is 1. The zero-order valence-electron chi connectivity index (χ0n) is 11.7. The molecule has 0 amide bonds. The first-order valence-corrected chi connectivity index (χ1v) is 7.59. The van der Waals surface area contributed by atoms with E-state index >= 15 is 0 Å². The lowest BCUT2D eigenvalue weighted by Crippen LogP contribution is -2.09. The fraction of sp³-hybridized carbons (Fsp3) is 0.188. The minimum absolute atomic E-state index is 0.111. The normalized spacial score (nSPS) is 10.4. The average molecular weight is 388 g/mol. The fourth-order valence-electron chi connectivity index (χ4n) is 1.90. The Balaban J connectivity index is 2.19. The first-order chi connectivity index (χ1) is 10.5. The van der Waals surface area contributed by atoms with Gasteiger partial charge < -0.3 is 9.47 Å². The van der Waals surface area contributed by atoms with Crippen LogP contribution in [0.2, 0.25) is 5.02 Å². The molecule has 0 fully saturated rings. The predicted octanol–water partition coefficient (Wildman–Crippen LogP) is 4.54. The smallest absolute Gasteiger partial charge is 0.309 e. The van der Waals surface area contributed by atoms with E-state index in [1.165, 1.54) is 25.3 Å². The molecule has 3 nitrogen and oxygen atoms in total. The molecule has 2 aromatic carbocycles. The first-order valence-electron chi connectivity index (χ1n) is 6.42. The number of hydrogen-bond donors (Lipinski definition) is 0. The van der Waals surface area contributed by atoms with Crippen LogP contribution >= 0.6 is 27.5 Å². The van der Waals surface area contributed by atoms with Gasteiger partial charge in [0.05, 0.1) is 18.0 Å². The second-order valence-electron chi connectivity index (χ2n) is 4.49. The number of carbonyl (C=O) groups is 1. The third-order valence-corrected chi connectivity index (χ3v) is 4.02. The maximum Gasteiger partial charge on any atom is 0.309 e. The number of esters is 1. The summed E-state index contributed by atoms with van der Waals surface area (Å²) in [6, 6.07) is 9.43. The molecule has 2 rings (SSSR count). The molecule has 0 atom stereocenters. The van der Waals surface area contributed by atoms with E-state index in [1.54, 1.807) is 18.2 Å². The number of benzene rings is 2. The third kappa shape index (κ3) is 4.21. The Bertz CT molecular complexity index is 691. The van der Waals surface area contributed by atoms with E-state index in [0.29, 0.717) is 20.8 Å². The topological polar surface area (TPSA) is 35.5 Å². The summed E-state index contributed by atoms with van der Waals surface area (Å²) < 4.78 is 23.9. The van der Waals surface area contributed by atoms with Crippen molar-refractivity contribution in [1.29, 1.82) is 0 Å². The second-order valence-corrected chi connectivity index (χ2v) is 5.76. The van der Waals surface area contributed by atoms with Crippen molar-refractivity contribution >= 4 is 33.5 Å². The fourth-order valence-corrected chi connectivity index (χ4v) is 2.61. The highest BCUT2D eigenvalue weighted by Gasteiger charge is 2.13. The number of ether oxygens (including phenoxy) is 2. The van der Waals surface area contributed by atoms with Gasteiger partial charge in [-0.2, -0.15) is 0 Å². The average Bonchev–Trinajstić information content (AvgIpc) is 2.48. The lowest BCUT2D eigenvalue weighted by Gasteiger charge is -2.13. The van der Waals surface area contributed by atoms with E-state index in [0.717, 1.165) is 5.56 Å². The SMILES string of the molecule is COC(=O)Cc1cccc(Cl)c1COc1ccc(F)cc1Br. The summed E-state index contributed by atoms with van der Waals surface area (Å²) in [5.74, 6) is -0.222. The summed E-state index contributed by atoms with van der Waals surface area (Å²) in [5, 5.41) is 0.500. The van der Waals surface area contributed by atoms with Crippen LogP contribution < -0.4 is 4.74 Å². The molecule has 0 bridgehead atoms. The Hall–Kier alpha value is -1.59. The van der Waals surface area contributed by atoms with E-state index in [9.17, 15) is 9.18 Å². The summed E-state index contributed by atoms with van der Waals surface area (Å²) in [5.41, 5.74) is 1.43. The summed E-state index contributed by atoms with van der Waals surface area (Å²) >= 11 is 9.42. The summed E-state index contributed by atoms with van der Waals surface area (Å²) in [6.45, 7) is 0.163. The maximum atomic E-state index is 13.1. The van der Waals surface area contributed by atoms with Gasteiger partial charge in [0.25, 0.3) is 0 Å². The predicted molar refractivity (Wildman–Crippen MR) is 85.6 cm³/mol. The van der Waals surface area contributed by atoms with Crippen molar-refractivity contribution < 1.29 is 18.7 Å². The number of halogens is 3. The lowest BCUT2D eigenvalue weighted by molar-refractivity contribution is -0.139. The molecule has 2 aromatic rings. The van der Waals surface area contributed by atoms with Crippen molar-refractivity contribution in [1.82, 2.24) is 0 Å². The highest BCUT2D eigenvalue weighted by molar-refractivity contribution is 9.10. The molecule has 6 heteroatoms. The highest BCUT2D eigenvalue weighted by Crippen LogP contribution is 2.28. The lowest BCUT2D eigenvalue weighted by atomic mass is 10.1. The molecule has 0 aliphatic carbocycles. The molecule has 0 unspecified atom stereocenters. The van der Waals surface area contributed by atoms with Crippen LogP contribution in [0.4, 0.5) is 4.39 Å². The Morgan fingerprint density at radius 1 is 1.32 bits per heavy atom. The van der Waals surface area contributed by atoms with Crippen molar-refractivity contribution in [2.24, 2.45) is 0 Å². The van der Waals surface area contributed by atoms with E-state index in [2.05, 4.69) is 20.7 Å². The van der Waals surface area contributed by atoms with Gasteiger partial charge in [0, 0.05) is 10.6 Å². The third-order valence-electron chi connectivity index (χ3n) is 3.04. The van der Waals surface area contributed by atoms with Gasteiger partial charge in [-0.1, -0.05) is 23.7 Å². The van der Waals surface area contributed by atoms with E-state index in [-0.39, 0.29) is 24.8 Å². The molecule has 116 valence electrons. The zero-order valence-corrected chi connectivity index (χ0v) is 14.1. The van der Waals surface area contributed by atoms with Gasteiger partial charge in [-0.25, -0.2) is 4.39 Å².